The molecule has 0 aliphatic heterocycles. The molecule has 0 aromatic carbocycles. The highest BCUT2D eigenvalue weighted by atomic mass is 32.2. The molecule has 5 heteroatoms. The van der Waals surface area contributed by atoms with Gasteiger partial charge in [-0.3, -0.25) is 0 Å². The molecule has 0 aromatic heterocycles. The highest BCUT2D eigenvalue weighted by Crippen LogP contribution is 2.26. The molecule has 0 fully saturated rings. The zero-order valence-corrected chi connectivity index (χ0v) is 9.23. The van der Waals surface area contributed by atoms with E-state index in [2.05, 4.69) is 0 Å². The van der Waals surface area contributed by atoms with Gasteiger partial charge in [-0.1, -0.05) is 20.3 Å². The smallest absolute Gasteiger partial charge is 0.100 e. The Bertz CT molecular complexity index is 221. The predicted molar refractivity (Wildman–Crippen MR) is 49.2 cm³/mol. The van der Waals surface area contributed by atoms with Crippen molar-refractivity contribution in [3.05, 3.63) is 0 Å². The van der Waals surface area contributed by atoms with Gasteiger partial charge in [0.05, 0.1) is 4.75 Å². The van der Waals surface area contributed by atoms with Crippen LogP contribution in [0.4, 0.5) is 0 Å². The average Bonchev–Trinajstić information content (AvgIpc) is 1.83. The van der Waals surface area contributed by atoms with E-state index in [1.807, 2.05) is 6.92 Å². The van der Waals surface area contributed by atoms with Crippen LogP contribution < -0.4 is 6.15 Å². The minimum absolute atomic E-state index is 0. The van der Waals surface area contributed by atoms with Gasteiger partial charge in [-0.15, -0.1) is 0 Å². The zero-order chi connectivity index (χ0) is 9.28. The third kappa shape index (κ3) is 2.73. The summed E-state index contributed by atoms with van der Waals surface area (Å²) in [6.07, 6.45) is 0.703. The van der Waals surface area contributed by atoms with Gasteiger partial charge in [-0.05, 0) is 19.8 Å². The van der Waals surface area contributed by atoms with Crippen LogP contribution in [0.1, 0.15) is 34.1 Å². The van der Waals surface area contributed by atoms with Crippen molar-refractivity contribution in [1.29, 1.82) is 0 Å². The lowest BCUT2D eigenvalue weighted by atomic mass is 9.95. The molecule has 0 amide bonds. The molecule has 1 atom stereocenters. The van der Waals surface area contributed by atoms with Crippen molar-refractivity contribution >= 4 is 10.1 Å². The van der Waals surface area contributed by atoms with Gasteiger partial charge in [0, 0.05) is 0 Å². The standard InChI is InChI=1S/C7H16O3S.H3N/c1-5-6(2)7(3,4)11(8,9)10;/h6H,5H2,1-4H3,(H,8,9,10);1H3. The van der Waals surface area contributed by atoms with E-state index < -0.39 is 14.9 Å². The summed E-state index contributed by atoms with van der Waals surface area (Å²) in [6, 6.07) is 0. The molecular formula is C7H19NO3S. The van der Waals surface area contributed by atoms with Gasteiger partial charge < -0.3 is 10.7 Å². The molecule has 76 valence electrons. The first kappa shape index (κ1) is 14.4. The second-order valence-corrected chi connectivity index (χ2v) is 5.33. The SMILES string of the molecule is CCC(C)C(C)(C)S(=O)(=O)[O-].[NH4+]. The van der Waals surface area contributed by atoms with Crippen LogP contribution in [0.2, 0.25) is 0 Å². The van der Waals surface area contributed by atoms with Crippen molar-refractivity contribution in [1.82, 2.24) is 6.15 Å². The molecule has 0 rings (SSSR count). The third-order valence-electron chi connectivity index (χ3n) is 2.44. The van der Waals surface area contributed by atoms with Crippen molar-refractivity contribution in [3.63, 3.8) is 0 Å². The van der Waals surface area contributed by atoms with Crippen LogP contribution in [-0.4, -0.2) is 17.7 Å². The van der Waals surface area contributed by atoms with E-state index in [-0.39, 0.29) is 12.1 Å². The molecule has 4 N–H and O–H groups in total. The summed E-state index contributed by atoms with van der Waals surface area (Å²) in [5.74, 6) is -0.0926. The molecular weight excluding hydrogens is 178 g/mol. The highest BCUT2D eigenvalue weighted by molar-refractivity contribution is 7.87. The molecule has 0 aliphatic rings. The Morgan fingerprint density at radius 3 is 1.83 bits per heavy atom. The van der Waals surface area contributed by atoms with Gasteiger partial charge >= 0.3 is 0 Å². The first-order chi connectivity index (χ1) is 4.73. The van der Waals surface area contributed by atoms with Crippen LogP contribution in [0, 0.1) is 5.92 Å². The van der Waals surface area contributed by atoms with Crippen LogP contribution >= 0.6 is 0 Å². The summed E-state index contributed by atoms with van der Waals surface area (Å²) < 4.78 is 31.0. The van der Waals surface area contributed by atoms with Gasteiger partial charge in [0.2, 0.25) is 0 Å². The second-order valence-electron chi connectivity index (χ2n) is 3.37. The Morgan fingerprint density at radius 2 is 1.75 bits per heavy atom. The fourth-order valence-corrected chi connectivity index (χ4v) is 1.40. The molecule has 0 bridgehead atoms. The maximum absolute atomic E-state index is 10.7. The molecule has 0 saturated carbocycles. The van der Waals surface area contributed by atoms with Crippen LogP contribution in [0.25, 0.3) is 0 Å². The van der Waals surface area contributed by atoms with Crippen molar-refractivity contribution in [3.8, 4) is 0 Å². The summed E-state index contributed by atoms with van der Waals surface area (Å²) >= 11 is 0. The quantitative estimate of drug-likeness (QED) is 0.698. The topological polar surface area (TPSA) is 93.7 Å². The Labute approximate surface area is 74.7 Å². The maximum atomic E-state index is 10.7. The number of hydrogen-bond acceptors (Lipinski definition) is 3. The lowest BCUT2D eigenvalue weighted by Gasteiger charge is -2.33. The summed E-state index contributed by atoms with van der Waals surface area (Å²) in [5.41, 5.74) is 0. The minimum Gasteiger partial charge on any atom is -0.748 e. The van der Waals surface area contributed by atoms with Crippen LogP contribution in [0.15, 0.2) is 0 Å². The molecule has 0 aromatic rings. The van der Waals surface area contributed by atoms with Gasteiger partial charge in [0.25, 0.3) is 0 Å². The summed E-state index contributed by atoms with van der Waals surface area (Å²) in [4.78, 5) is 0. The van der Waals surface area contributed by atoms with Crippen molar-refractivity contribution in [2.24, 2.45) is 5.92 Å². The molecule has 12 heavy (non-hydrogen) atoms. The zero-order valence-electron chi connectivity index (χ0n) is 8.42. The summed E-state index contributed by atoms with van der Waals surface area (Å²) in [7, 11) is -4.16. The van der Waals surface area contributed by atoms with Gasteiger partial charge in [-0.25, -0.2) is 8.42 Å². The average molecular weight is 197 g/mol. The van der Waals surface area contributed by atoms with E-state index in [1.54, 1.807) is 6.92 Å². The van der Waals surface area contributed by atoms with Gasteiger partial charge in [0.15, 0.2) is 0 Å². The second kappa shape index (κ2) is 4.20. The highest BCUT2D eigenvalue weighted by Gasteiger charge is 2.31. The Hall–Kier alpha value is -0.130. The fourth-order valence-electron chi connectivity index (χ4n) is 0.738. The van der Waals surface area contributed by atoms with E-state index in [4.69, 9.17) is 0 Å². The van der Waals surface area contributed by atoms with Crippen LogP contribution in [0.3, 0.4) is 0 Å². The Kier molecular flexibility index (Phi) is 5.04. The molecule has 0 heterocycles. The summed E-state index contributed by atoms with van der Waals surface area (Å²) in [6.45, 7) is 6.60. The fraction of sp³-hybridized carbons (Fsp3) is 1.00. The van der Waals surface area contributed by atoms with E-state index in [1.165, 1.54) is 13.8 Å². The van der Waals surface area contributed by atoms with Gasteiger partial charge in [0.1, 0.15) is 10.1 Å². The minimum atomic E-state index is -4.16. The van der Waals surface area contributed by atoms with Gasteiger partial charge in [-0.2, -0.15) is 0 Å². The first-order valence-corrected chi connectivity index (χ1v) is 5.09. The number of rotatable bonds is 3. The third-order valence-corrected chi connectivity index (χ3v) is 4.13. The van der Waals surface area contributed by atoms with Crippen molar-refractivity contribution in [2.45, 2.75) is 38.9 Å². The predicted octanol–water partition coefficient (Wildman–Crippen LogP) is 1.73. The first-order valence-electron chi connectivity index (χ1n) is 3.69. The van der Waals surface area contributed by atoms with E-state index in [0.29, 0.717) is 6.42 Å². The largest absolute Gasteiger partial charge is 0.748 e. The lowest BCUT2D eigenvalue weighted by Crippen LogP contribution is -2.38. The Balaban J connectivity index is 0. The maximum Gasteiger partial charge on any atom is 0.100 e. The van der Waals surface area contributed by atoms with E-state index in [9.17, 15) is 13.0 Å². The molecule has 0 radical (unpaired) electrons. The van der Waals surface area contributed by atoms with E-state index >= 15 is 0 Å². The lowest BCUT2D eigenvalue weighted by molar-refractivity contribution is 0.361. The van der Waals surface area contributed by atoms with Crippen molar-refractivity contribution in [2.75, 3.05) is 0 Å². The molecule has 4 nitrogen and oxygen atoms in total. The molecule has 0 saturated heterocycles. The summed E-state index contributed by atoms with van der Waals surface area (Å²) in [5, 5.41) is 0. The monoisotopic (exact) mass is 197 g/mol. The van der Waals surface area contributed by atoms with Crippen LogP contribution in [0.5, 0.6) is 0 Å². The molecule has 0 spiro atoms. The number of hydrogen-bond donors (Lipinski definition) is 1. The van der Waals surface area contributed by atoms with Crippen LogP contribution in [-0.2, 0) is 10.1 Å². The van der Waals surface area contributed by atoms with Crippen molar-refractivity contribution < 1.29 is 13.0 Å². The molecule has 0 aliphatic carbocycles. The Morgan fingerprint density at radius 1 is 1.42 bits per heavy atom. The number of quaternary nitrogens is 1. The van der Waals surface area contributed by atoms with E-state index in [0.717, 1.165) is 0 Å². The molecule has 1 unspecified atom stereocenters. The normalized spacial score (nSPS) is 15.1.